The molecule has 8 heterocycles. The number of fused-ring (bicyclic) bond motifs is 4. The summed E-state index contributed by atoms with van der Waals surface area (Å²) in [4.78, 5) is 47.1. The molecule has 8 aromatic rings. The molecule has 34 nitrogen and oxygen atoms in total. The van der Waals surface area contributed by atoms with Crippen LogP contribution in [-0.2, 0) is 28.9 Å². The zero-order chi connectivity index (χ0) is 90.3. The Kier molecular flexibility index (Phi) is 43.7. The highest BCUT2D eigenvalue weighted by Gasteiger charge is 2.29. The number of anilines is 3. The van der Waals surface area contributed by atoms with Gasteiger partial charge in [-0.05, 0) is 144 Å². The van der Waals surface area contributed by atoms with Crippen LogP contribution < -0.4 is 102 Å². The van der Waals surface area contributed by atoms with E-state index in [1.807, 2.05) is 42.5 Å². The number of unbranched alkanes of at least 4 members (excludes halogenated alkanes) is 2. The number of piperidine rings is 4. The number of pyridine rings is 4. The highest BCUT2D eigenvalue weighted by Crippen LogP contribution is 2.43. The molecule has 2 amide bonds. The van der Waals surface area contributed by atoms with Gasteiger partial charge in [-0.3, -0.25) is 19.9 Å². The molecule has 4 aliphatic rings. The molecule has 0 saturated carbocycles. The summed E-state index contributed by atoms with van der Waals surface area (Å²) >= 11 is 6.11. The van der Waals surface area contributed by atoms with Crippen molar-refractivity contribution in [2.24, 2.45) is 39.7 Å². The number of nitrogens with two attached hydrogens (primary N) is 4. The lowest BCUT2D eigenvalue weighted by molar-refractivity contribution is -0.664. The van der Waals surface area contributed by atoms with Gasteiger partial charge in [-0.25, -0.2) is 24.6 Å². The molecular formula is C86H117Cl3N18O16S2. The van der Waals surface area contributed by atoms with E-state index in [9.17, 15) is 42.2 Å². The number of rotatable bonds is 29. The second kappa shape index (κ2) is 53.0. The fourth-order valence-electron chi connectivity index (χ4n) is 15.1. The minimum atomic E-state index is -3.69. The van der Waals surface area contributed by atoms with Crippen molar-refractivity contribution in [3.63, 3.8) is 0 Å². The molecule has 39 heteroatoms. The van der Waals surface area contributed by atoms with Gasteiger partial charge in [-0.2, -0.15) is 37.9 Å². The Morgan fingerprint density at radius 1 is 0.456 bits per heavy atom. The minimum absolute atomic E-state index is 0. The lowest BCUT2D eigenvalue weighted by Crippen LogP contribution is -3.00. The number of nitrogens with one attached hydrogen (secondary N) is 3. The Labute approximate surface area is 748 Å². The van der Waals surface area contributed by atoms with Gasteiger partial charge in [0.15, 0.2) is 46.0 Å². The van der Waals surface area contributed by atoms with E-state index >= 15 is 0 Å². The molecule has 11 N–H and O–H groups in total. The number of nitriles is 4. The number of aromatic nitrogens is 4. The van der Waals surface area contributed by atoms with Crippen LogP contribution in [-0.4, -0.2) is 198 Å². The van der Waals surface area contributed by atoms with Gasteiger partial charge in [0.25, 0.3) is 19.4 Å². The maximum atomic E-state index is 11.7. The van der Waals surface area contributed by atoms with Crippen LogP contribution in [0, 0.1) is 69.0 Å². The molecule has 0 radical (unpaired) electrons. The first kappa shape index (κ1) is 103. The average Bonchev–Trinajstić information content (AvgIpc) is 0.784. The van der Waals surface area contributed by atoms with Gasteiger partial charge in [-0.15, -0.1) is 0 Å². The van der Waals surface area contributed by atoms with Crippen molar-refractivity contribution in [3.8, 4) is 70.3 Å². The Morgan fingerprint density at radius 2 is 0.728 bits per heavy atom. The Morgan fingerprint density at radius 3 is 1.02 bits per heavy atom. The van der Waals surface area contributed by atoms with Crippen LogP contribution in [0.1, 0.15) is 139 Å². The number of halogens is 3. The predicted molar refractivity (Wildman–Crippen MR) is 479 cm³/mol. The SMILES string of the molecule is CCCCOC(=O)NCCC1CCN(c2c(C#N)cnc3cc(OC)c(OC)cc23)CC1.CCCCOC(=O)NCCC1CC[NH2+]CC1.COc1cc2ncc(C#N)c(Cl)c2cc1OC.COc1cc2ncc(C#N)c(N3CCC(CCN)CC3)c2cc1OC.COc1cc2ncc(C#N)c(N3CCC(CCNS(N)(=O)=O)CC3)c2cc1OC.NS(=O)(=O)Cl.[Cl-]. The van der Waals surface area contributed by atoms with Crippen molar-refractivity contribution < 1.29 is 91.5 Å². The number of ether oxygens (including phenoxy) is 10. The van der Waals surface area contributed by atoms with Crippen LogP contribution in [0.4, 0.5) is 26.7 Å². The van der Waals surface area contributed by atoms with E-state index in [4.69, 9.17) is 75.1 Å². The average molecular weight is 1830 g/mol. The lowest BCUT2D eigenvalue weighted by Gasteiger charge is -2.34. The molecule has 4 saturated heterocycles. The molecule has 4 aromatic heterocycles. The molecule has 0 atom stereocenters. The van der Waals surface area contributed by atoms with E-state index in [2.05, 4.69) is 103 Å². The number of nitrogens with zero attached hydrogens (tertiary/aromatic N) is 11. The number of hydrogen-bond acceptors (Lipinski definition) is 28. The van der Waals surface area contributed by atoms with E-state index < -0.39 is 19.4 Å². The van der Waals surface area contributed by atoms with Gasteiger partial charge >= 0.3 is 12.2 Å². The number of hydrogen-bond donors (Lipinski definition) is 7. The van der Waals surface area contributed by atoms with Crippen LogP contribution in [0.3, 0.4) is 0 Å². The molecule has 12 rings (SSSR count). The van der Waals surface area contributed by atoms with Gasteiger partial charge in [0.05, 0.1) is 150 Å². The second-order valence-electron chi connectivity index (χ2n) is 29.7. The summed E-state index contributed by atoms with van der Waals surface area (Å²) in [5.74, 6) is 7.21. The first-order valence-corrected chi connectivity index (χ1v) is 45.5. The van der Waals surface area contributed by atoms with Gasteiger partial charge in [0.1, 0.15) is 24.3 Å². The Bertz CT molecular complexity index is 5240. The molecule has 0 aliphatic carbocycles. The standard InChI is InChI=1S/C24H32N4O4.C19H25N5O4S.C19H24N4O2.C12H9ClN2O2.C12H24N2O2.ClH2NO2S.ClH/c1-4-5-12-32-24(29)26-9-6-17-7-10-28(11-8-17)23-18(15-25)16-27-20-14-22(31-3)21(30-2)13-19(20)23;1-27-17-9-15-16(10-18(17)28-2)22-12-14(11-20)19(15)24-7-4-13(5-8-24)3-6-23-29(21,25)26;1-24-17-9-15-16(10-18(17)25-2)22-12-14(11-21)19(15)23-7-4-13(3-6-20)5-8-23;1-16-10-3-8-9(4-11(10)17-2)15-6-7(5-14)12(8)13;1-2-3-10-16-12(15)14-9-6-11-4-7-13-8-5-11;1-5(2,3)4;/h13-14,16-17H,4-12H2,1-3H3,(H,26,29);9-10,12-13,23H,3-8H2,1-2H3,(H2,21,25,26);9-10,12-13H,3-8,20H2,1-2H3;3-4,6H,1-2H3;11,13H,2-10H2,1H3,(H,14,15);(H2,2,3,4);1H. The summed E-state index contributed by atoms with van der Waals surface area (Å²) in [7, 11) is 9.59. The maximum absolute atomic E-state index is 11.7. The van der Waals surface area contributed by atoms with Crippen LogP contribution in [0.15, 0.2) is 73.3 Å². The van der Waals surface area contributed by atoms with Crippen molar-refractivity contribution in [2.75, 3.05) is 163 Å². The fraction of sp³-hybridized carbons (Fsp3) is 0.512. The zero-order valence-electron chi connectivity index (χ0n) is 72.7. The highest BCUT2D eigenvalue weighted by molar-refractivity contribution is 8.11. The minimum Gasteiger partial charge on any atom is -1.00 e. The van der Waals surface area contributed by atoms with E-state index in [-0.39, 0.29) is 24.6 Å². The van der Waals surface area contributed by atoms with Gasteiger partial charge in [-0.1, -0.05) is 38.3 Å². The van der Waals surface area contributed by atoms with E-state index in [1.165, 1.54) is 32.1 Å². The number of carbonyl (C=O) groups is 2. The monoisotopic (exact) mass is 1830 g/mol. The summed E-state index contributed by atoms with van der Waals surface area (Å²) in [5, 5.41) is 58.6. The normalized spacial score (nSPS) is 14.2. The number of alkyl carbamates (subject to hydrolysis) is 2. The third-order valence-electron chi connectivity index (χ3n) is 21.7. The van der Waals surface area contributed by atoms with E-state index in [0.29, 0.717) is 128 Å². The molecule has 0 bridgehead atoms. The smallest absolute Gasteiger partial charge is 0.407 e. The Hall–Kier alpha value is -10.6. The summed E-state index contributed by atoms with van der Waals surface area (Å²) < 4.78 is 95.7. The molecule has 4 fully saturated rings. The largest absolute Gasteiger partial charge is 1.00 e. The third kappa shape index (κ3) is 31.5. The topological polar surface area (TPSA) is 482 Å². The van der Waals surface area contributed by atoms with Crippen LogP contribution in [0.25, 0.3) is 43.6 Å². The molecule has 680 valence electrons. The number of quaternary nitrogens is 1. The fourth-order valence-corrected chi connectivity index (χ4v) is 15.7. The summed E-state index contributed by atoms with van der Waals surface area (Å²) in [5.41, 5.74) is 13.3. The molecule has 0 unspecified atom stereocenters. The Balaban J connectivity index is 0.000000242. The third-order valence-corrected chi connectivity index (χ3v) is 22.7. The summed E-state index contributed by atoms with van der Waals surface area (Å²) in [6.07, 6.45) is 22.0. The van der Waals surface area contributed by atoms with Crippen LogP contribution >= 0.6 is 22.3 Å². The van der Waals surface area contributed by atoms with Crippen molar-refractivity contribution in [1.29, 1.82) is 21.0 Å². The van der Waals surface area contributed by atoms with Gasteiger partial charge < -0.3 is 96.2 Å². The second-order valence-corrected chi connectivity index (χ2v) is 33.7. The van der Waals surface area contributed by atoms with E-state index in [1.54, 1.807) is 87.6 Å². The lowest BCUT2D eigenvalue weighted by atomic mass is 9.92. The molecule has 4 aromatic carbocycles. The van der Waals surface area contributed by atoms with Crippen molar-refractivity contribution >= 4 is 115 Å². The number of carbonyl (C=O) groups excluding carboxylic acids is 2. The molecule has 125 heavy (non-hydrogen) atoms. The van der Waals surface area contributed by atoms with Crippen molar-refractivity contribution in [2.45, 2.75) is 117 Å². The molecule has 4 aliphatic heterocycles. The van der Waals surface area contributed by atoms with Crippen LogP contribution in [0.5, 0.6) is 46.0 Å². The number of methoxy groups -OCH3 is 8. The van der Waals surface area contributed by atoms with Gasteiger partial charge in [0.2, 0.25) is 0 Å². The van der Waals surface area contributed by atoms with E-state index in [0.717, 1.165) is 198 Å². The number of amides is 2. The quantitative estimate of drug-likeness (QED) is 0.0170. The predicted octanol–water partition coefficient (Wildman–Crippen LogP) is 8.55. The first-order valence-electron chi connectivity index (χ1n) is 41.2. The van der Waals surface area contributed by atoms with Crippen molar-refractivity contribution in [3.05, 3.63) is 101 Å². The maximum Gasteiger partial charge on any atom is 0.407 e. The zero-order valence-corrected chi connectivity index (χ0v) is 76.6. The number of benzene rings is 4. The highest BCUT2D eigenvalue weighted by atomic mass is 35.7. The first-order chi connectivity index (χ1) is 59.7. The van der Waals surface area contributed by atoms with Crippen molar-refractivity contribution in [1.82, 2.24) is 35.3 Å². The molecule has 0 spiro atoms. The van der Waals surface area contributed by atoms with Gasteiger partial charge in [0, 0.05) is 140 Å². The summed E-state index contributed by atoms with van der Waals surface area (Å²) in [6, 6.07) is 23.4. The molecular weight excluding hydrogens is 1710 g/mol. The summed E-state index contributed by atoms with van der Waals surface area (Å²) in [6.45, 7) is 15.2. The van der Waals surface area contributed by atoms with Crippen LogP contribution in [0.2, 0.25) is 5.02 Å².